The molecule has 3 N–H and O–H groups in total. The van der Waals surface area contributed by atoms with E-state index >= 15 is 0 Å². The highest BCUT2D eigenvalue weighted by atomic mass is 19.1. The van der Waals surface area contributed by atoms with Gasteiger partial charge in [0, 0.05) is 19.6 Å². The Labute approximate surface area is 163 Å². The number of nitrogens with one attached hydrogen (secondary N) is 1. The summed E-state index contributed by atoms with van der Waals surface area (Å²) in [6.45, 7) is 9.82. The van der Waals surface area contributed by atoms with Crippen LogP contribution in [0.15, 0.2) is 48.5 Å². The molecule has 2 aromatic carbocycles. The van der Waals surface area contributed by atoms with Crippen LogP contribution < -0.4 is 16.0 Å². The lowest BCUT2D eigenvalue weighted by Crippen LogP contribution is -2.42. The van der Waals surface area contributed by atoms with E-state index in [9.17, 15) is 4.39 Å². The van der Waals surface area contributed by atoms with Crippen molar-refractivity contribution < 1.29 is 4.39 Å². The fraction of sp³-hybridized carbons (Fsp3) is 0.455. The fourth-order valence-electron chi connectivity index (χ4n) is 3.27. The molecule has 0 aliphatic carbocycles. The van der Waals surface area contributed by atoms with Crippen molar-refractivity contribution in [1.82, 2.24) is 10.2 Å². The van der Waals surface area contributed by atoms with Crippen LogP contribution in [0.5, 0.6) is 0 Å². The number of nitrogen functional groups attached to an aromatic ring is 1. The molecule has 1 fully saturated rings. The maximum absolute atomic E-state index is 13.2. The quantitative estimate of drug-likeness (QED) is 0.776. The molecule has 0 aromatic heterocycles. The van der Waals surface area contributed by atoms with Gasteiger partial charge in [-0.05, 0) is 55.8 Å². The van der Waals surface area contributed by atoms with E-state index in [1.54, 1.807) is 0 Å². The van der Waals surface area contributed by atoms with Crippen LogP contribution >= 0.6 is 0 Å². The highest BCUT2D eigenvalue weighted by Crippen LogP contribution is 2.25. The van der Waals surface area contributed by atoms with Crippen LogP contribution in [0.2, 0.25) is 0 Å². The van der Waals surface area contributed by atoms with E-state index in [0.29, 0.717) is 6.54 Å². The van der Waals surface area contributed by atoms with Gasteiger partial charge < -0.3 is 16.0 Å². The van der Waals surface area contributed by atoms with Gasteiger partial charge in [0.1, 0.15) is 5.82 Å². The molecule has 5 heteroatoms. The maximum atomic E-state index is 13.2. The second-order valence-electron chi connectivity index (χ2n) is 6.60. The van der Waals surface area contributed by atoms with Gasteiger partial charge in [-0.1, -0.05) is 38.1 Å². The third kappa shape index (κ3) is 6.85. The number of nitrogens with two attached hydrogens (primary N) is 1. The van der Waals surface area contributed by atoms with Crippen LogP contribution in [0.4, 0.5) is 15.8 Å². The van der Waals surface area contributed by atoms with Crippen molar-refractivity contribution >= 4 is 11.4 Å². The summed E-state index contributed by atoms with van der Waals surface area (Å²) < 4.78 is 13.2. The fourth-order valence-corrected chi connectivity index (χ4v) is 3.27. The van der Waals surface area contributed by atoms with Crippen LogP contribution in [0.3, 0.4) is 0 Å². The minimum atomic E-state index is -0.203. The Morgan fingerprint density at radius 3 is 2.26 bits per heavy atom. The molecule has 3 rings (SSSR count). The summed E-state index contributed by atoms with van der Waals surface area (Å²) in [5, 5.41) is 3.45. The number of hydrogen-bond donors (Lipinski definition) is 2. The van der Waals surface area contributed by atoms with Crippen molar-refractivity contribution in [2.75, 3.05) is 43.5 Å². The van der Waals surface area contributed by atoms with Crippen molar-refractivity contribution in [3.05, 3.63) is 59.9 Å². The predicted molar refractivity (Wildman–Crippen MR) is 113 cm³/mol. The van der Waals surface area contributed by atoms with Gasteiger partial charge in [-0.15, -0.1) is 0 Å². The Morgan fingerprint density at radius 1 is 1.00 bits per heavy atom. The number of para-hydroxylation sites is 2. The Bertz CT molecular complexity index is 652. The normalized spacial score (nSPS) is 15.2. The molecule has 0 spiro atoms. The number of benzene rings is 2. The predicted octanol–water partition coefficient (Wildman–Crippen LogP) is 4.08. The van der Waals surface area contributed by atoms with E-state index in [4.69, 9.17) is 5.73 Å². The minimum absolute atomic E-state index is 0.203. The summed E-state index contributed by atoms with van der Waals surface area (Å²) in [7, 11) is 0. The first kappa shape index (κ1) is 21.2. The van der Waals surface area contributed by atoms with Crippen molar-refractivity contribution in [1.29, 1.82) is 0 Å². The smallest absolute Gasteiger partial charge is 0.123 e. The highest BCUT2D eigenvalue weighted by Gasteiger charge is 2.15. The summed E-state index contributed by atoms with van der Waals surface area (Å²) in [5.41, 5.74) is 9.12. The SMILES string of the molecule is CC.Nc1ccccc1N(Cc1ccc(F)cc1)CN1CCCNCCC1. The first-order valence-corrected chi connectivity index (χ1v) is 9.99. The van der Waals surface area contributed by atoms with Crippen molar-refractivity contribution in [3.63, 3.8) is 0 Å². The Balaban J connectivity index is 0.00000126. The molecule has 0 amide bonds. The molecule has 1 heterocycles. The molecular formula is C22H33FN4. The highest BCUT2D eigenvalue weighted by molar-refractivity contribution is 5.67. The average Bonchev–Trinajstić information content (AvgIpc) is 2.67. The third-order valence-corrected chi connectivity index (χ3v) is 4.59. The third-order valence-electron chi connectivity index (χ3n) is 4.59. The molecule has 0 bridgehead atoms. The van der Waals surface area contributed by atoms with Gasteiger partial charge in [0.25, 0.3) is 0 Å². The van der Waals surface area contributed by atoms with Crippen molar-refractivity contribution in [2.24, 2.45) is 0 Å². The van der Waals surface area contributed by atoms with E-state index in [1.165, 1.54) is 12.1 Å². The van der Waals surface area contributed by atoms with E-state index in [2.05, 4.69) is 21.2 Å². The van der Waals surface area contributed by atoms with E-state index in [1.807, 2.05) is 44.2 Å². The molecule has 1 aliphatic rings. The van der Waals surface area contributed by atoms with Gasteiger partial charge in [-0.2, -0.15) is 0 Å². The minimum Gasteiger partial charge on any atom is -0.397 e. The van der Waals surface area contributed by atoms with Crippen LogP contribution in [0.1, 0.15) is 32.3 Å². The first-order valence-electron chi connectivity index (χ1n) is 9.99. The van der Waals surface area contributed by atoms with Gasteiger partial charge in [-0.25, -0.2) is 4.39 Å². The summed E-state index contributed by atoms with van der Waals surface area (Å²) >= 11 is 0. The summed E-state index contributed by atoms with van der Waals surface area (Å²) in [6, 6.07) is 14.7. The second-order valence-corrected chi connectivity index (χ2v) is 6.60. The molecule has 1 aliphatic heterocycles. The zero-order valence-electron chi connectivity index (χ0n) is 16.6. The van der Waals surface area contributed by atoms with E-state index < -0.39 is 0 Å². The molecular weight excluding hydrogens is 339 g/mol. The summed E-state index contributed by atoms with van der Waals surface area (Å²) in [4.78, 5) is 4.77. The molecule has 148 valence electrons. The number of halogens is 1. The number of anilines is 2. The summed E-state index contributed by atoms with van der Waals surface area (Å²) in [6.07, 6.45) is 2.29. The Kier molecular flexibility index (Phi) is 9.08. The average molecular weight is 373 g/mol. The summed E-state index contributed by atoms with van der Waals surface area (Å²) in [5.74, 6) is -0.203. The molecule has 0 radical (unpaired) electrons. The largest absolute Gasteiger partial charge is 0.397 e. The number of nitrogens with zero attached hydrogens (tertiary/aromatic N) is 2. The van der Waals surface area contributed by atoms with Crippen molar-refractivity contribution in [3.8, 4) is 0 Å². The van der Waals surface area contributed by atoms with E-state index in [-0.39, 0.29) is 5.82 Å². The molecule has 4 nitrogen and oxygen atoms in total. The molecule has 0 saturated carbocycles. The zero-order valence-corrected chi connectivity index (χ0v) is 16.6. The van der Waals surface area contributed by atoms with E-state index in [0.717, 1.165) is 62.6 Å². The van der Waals surface area contributed by atoms with Gasteiger partial charge >= 0.3 is 0 Å². The van der Waals surface area contributed by atoms with Gasteiger partial charge in [0.05, 0.1) is 18.0 Å². The number of rotatable bonds is 5. The second kappa shape index (κ2) is 11.6. The topological polar surface area (TPSA) is 44.5 Å². The molecule has 1 saturated heterocycles. The lowest BCUT2D eigenvalue weighted by atomic mass is 10.2. The van der Waals surface area contributed by atoms with Gasteiger partial charge in [0.15, 0.2) is 0 Å². The number of hydrogen-bond acceptors (Lipinski definition) is 4. The Morgan fingerprint density at radius 2 is 1.63 bits per heavy atom. The van der Waals surface area contributed by atoms with Gasteiger partial charge in [0.2, 0.25) is 0 Å². The maximum Gasteiger partial charge on any atom is 0.123 e. The first-order chi connectivity index (χ1) is 13.2. The molecule has 0 unspecified atom stereocenters. The van der Waals surface area contributed by atoms with Crippen LogP contribution in [0, 0.1) is 5.82 Å². The van der Waals surface area contributed by atoms with Crippen LogP contribution in [-0.4, -0.2) is 37.7 Å². The van der Waals surface area contributed by atoms with Crippen LogP contribution in [0.25, 0.3) is 0 Å². The lowest BCUT2D eigenvalue weighted by Gasteiger charge is -2.34. The molecule has 27 heavy (non-hydrogen) atoms. The van der Waals surface area contributed by atoms with Crippen LogP contribution in [-0.2, 0) is 6.54 Å². The standard InChI is InChI=1S/C20H27FN4.C2H6/c21-18-9-7-17(8-10-18)15-25(20-6-2-1-5-19(20)22)16-24-13-3-11-23-12-4-14-24;1-2/h1-2,5-10,23H,3-4,11-16,22H2;1-2H3. The zero-order chi connectivity index (χ0) is 19.5. The Hall–Kier alpha value is -2.11. The van der Waals surface area contributed by atoms with Gasteiger partial charge in [-0.3, -0.25) is 4.90 Å². The van der Waals surface area contributed by atoms with Crippen molar-refractivity contribution in [2.45, 2.75) is 33.2 Å². The lowest BCUT2D eigenvalue weighted by molar-refractivity contribution is 0.250. The molecule has 0 atom stereocenters. The molecule has 2 aromatic rings. The monoisotopic (exact) mass is 372 g/mol.